The van der Waals surface area contributed by atoms with Gasteiger partial charge in [0, 0.05) is 17.5 Å². The Morgan fingerprint density at radius 2 is 1.92 bits per heavy atom. The molecule has 1 saturated carbocycles. The minimum Gasteiger partial charge on any atom is -0.508 e. The number of ketones is 1. The van der Waals surface area contributed by atoms with Gasteiger partial charge >= 0.3 is 5.97 Å². The molecule has 1 fully saturated rings. The Morgan fingerprint density at radius 3 is 2.50 bits per heavy atom. The fraction of sp³-hybridized carbons (Fsp3) is 0.600. The number of carbonyl (C=O) groups is 2. The number of aromatic hydroxyl groups is 1. The highest BCUT2D eigenvalue weighted by atomic mass is 16.4. The number of phenols is 1. The Morgan fingerprint density at radius 1 is 1.25 bits per heavy atom. The number of carbonyl (C=O) groups excluding carboxylic acids is 1. The number of Topliss-reactive ketones (excluding diaryl/α,β-unsaturated/α-hetero) is 1. The van der Waals surface area contributed by atoms with Crippen molar-refractivity contribution in [1.29, 1.82) is 0 Å². The number of phenolic OH excluding ortho intramolecular Hbond substituents is 1. The highest BCUT2D eigenvalue weighted by molar-refractivity contribution is 6.02. The molecule has 0 aromatic heterocycles. The maximum atomic E-state index is 13.0. The second kappa shape index (κ2) is 5.33. The molecule has 0 radical (unpaired) electrons. The third-order valence-electron chi connectivity index (χ3n) is 6.50. The van der Waals surface area contributed by atoms with E-state index in [4.69, 9.17) is 0 Å². The van der Waals surface area contributed by atoms with Crippen LogP contribution in [0.3, 0.4) is 0 Å². The lowest BCUT2D eigenvalue weighted by molar-refractivity contribution is -0.156. The maximum absolute atomic E-state index is 13.0. The van der Waals surface area contributed by atoms with E-state index in [2.05, 4.69) is 6.92 Å². The van der Waals surface area contributed by atoms with E-state index in [1.807, 2.05) is 19.9 Å². The summed E-state index contributed by atoms with van der Waals surface area (Å²) in [6, 6.07) is 3.51. The first-order valence-corrected chi connectivity index (χ1v) is 8.76. The second-order valence-electron chi connectivity index (χ2n) is 8.25. The van der Waals surface area contributed by atoms with Crippen LogP contribution < -0.4 is 0 Å². The standard InChI is InChI=1S/C20H26O4/c1-11(2)16-13(21)7-6-12-17(16)14(22)10-15-19(12,3)8-5-9-20(15,4)18(23)24/h6-7,11,15,21H,5,8-10H2,1-4H3,(H,23,24)/t15-,19-,20+/m1/s1. The van der Waals surface area contributed by atoms with E-state index in [0.717, 1.165) is 18.4 Å². The molecule has 4 heteroatoms. The van der Waals surface area contributed by atoms with Gasteiger partial charge in [0.05, 0.1) is 5.41 Å². The Labute approximate surface area is 142 Å². The maximum Gasteiger partial charge on any atom is 0.309 e. The van der Waals surface area contributed by atoms with Gasteiger partial charge in [0.15, 0.2) is 5.78 Å². The predicted molar refractivity (Wildman–Crippen MR) is 91.6 cm³/mol. The summed E-state index contributed by atoms with van der Waals surface area (Å²) in [4.78, 5) is 24.9. The fourth-order valence-electron chi connectivity index (χ4n) is 5.16. The van der Waals surface area contributed by atoms with E-state index >= 15 is 0 Å². The number of rotatable bonds is 2. The van der Waals surface area contributed by atoms with Gasteiger partial charge in [-0.1, -0.05) is 33.3 Å². The van der Waals surface area contributed by atoms with Crippen LogP contribution in [0, 0.1) is 11.3 Å². The van der Waals surface area contributed by atoms with Crippen LogP contribution in [-0.4, -0.2) is 22.0 Å². The fourth-order valence-corrected chi connectivity index (χ4v) is 5.16. The molecule has 2 aliphatic rings. The molecular weight excluding hydrogens is 304 g/mol. The molecule has 4 nitrogen and oxygen atoms in total. The molecule has 0 heterocycles. The van der Waals surface area contributed by atoms with Gasteiger partial charge in [0.25, 0.3) is 0 Å². The van der Waals surface area contributed by atoms with Crippen LogP contribution in [0.2, 0.25) is 0 Å². The summed E-state index contributed by atoms with van der Waals surface area (Å²) in [6.45, 7) is 7.84. The van der Waals surface area contributed by atoms with Gasteiger partial charge in [0.1, 0.15) is 5.75 Å². The summed E-state index contributed by atoms with van der Waals surface area (Å²) in [6.07, 6.45) is 2.57. The zero-order valence-corrected chi connectivity index (χ0v) is 14.8. The molecular formula is C20H26O4. The van der Waals surface area contributed by atoms with E-state index in [1.54, 1.807) is 13.0 Å². The van der Waals surface area contributed by atoms with Gasteiger partial charge in [-0.15, -0.1) is 0 Å². The summed E-state index contributed by atoms with van der Waals surface area (Å²) in [5, 5.41) is 20.1. The van der Waals surface area contributed by atoms with Crippen molar-refractivity contribution in [2.24, 2.45) is 11.3 Å². The number of benzene rings is 1. The van der Waals surface area contributed by atoms with Crippen molar-refractivity contribution < 1.29 is 19.8 Å². The number of hydrogen-bond donors (Lipinski definition) is 2. The predicted octanol–water partition coefficient (Wildman–Crippen LogP) is 4.25. The van der Waals surface area contributed by atoms with Gasteiger partial charge < -0.3 is 10.2 Å². The number of carboxylic acid groups (broad SMARTS) is 1. The molecule has 0 bridgehead atoms. The van der Waals surface area contributed by atoms with Gasteiger partial charge in [-0.2, -0.15) is 0 Å². The molecule has 24 heavy (non-hydrogen) atoms. The van der Waals surface area contributed by atoms with Crippen LogP contribution in [0.25, 0.3) is 0 Å². The van der Waals surface area contributed by atoms with Crippen molar-refractivity contribution in [1.82, 2.24) is 0 Å². The lowest BCUT2D eigenvalue weighted by Gasteiger charge is -2.53. The largest absolute Gasteiger partial charge is 0.508 e. The molecule has 0 saturated heterocycles. The summed E-state index contributed by atoms with van der Waals surface area (Å²) < 4.78 is 0. The van der Waals surface area contributed by atoms with E-state index in [9.17, 15) is 19.8 Å². The van der Waals surface area contributed by atoms with E-state index in [-0.39, 0.29) is 35.2 Å². The van der Waals surface area contributed by atoms with E-state index in [1.165, 1.54) is 0 Å². The normalized spacial score (nSPS) is 32.4. The van der Waals surface area contributed by atoms with Crippen LogP contribution in [0.5, 0.6) is 5.75 Å². The van der Waals surface area contributed by atoms with Crippen molar-refractivity contribution >= 4 is 11.8 Å². The molecule has 3 atom stereocenters. The molecule has 130 valence electrons. The van der Waals surface area contributed by atoms with E-state index in [0.29, 0.717) is 17.5 Å². The minimum absolute atomic E-state index is 0.0264. The topological polar surface area (TPSA) is 74.6 Å². The minimum atomic E-state index is -0.879. The first-order chi connectivity index (χ1) is 11.1. The third kappa shape index (κ3) is 2.11. The van der Waals surface area contributed by atoms with E-state index < -0.39 is 11.4 Å². The summed E-state index contributed by atoms with van der Waals surface area (Å²) in [5.41, 5.74) is 1.05. The Bertz CT molecular complexity index is 721. The quantitative estimate of drug-likeness (QED) is 0.850. The summed E-state index contributed by atoms with van der Waals surface area (Å²) >= 11 is 0. The molecule has 1 aromatic carbocycles. The zero-order valence-electron chi connectivity index (χ0n) is 14.8. The van der Waals surface area contributed by atoms with Crippen molar-refractivity contribution in [3.63, 3.8) is 0 Å². The second-order valence-corrected chi connectivity index (χ2v) is 8.25. The SMILES string of the molecule is CC(C)c1c(O)ccc2c1C(=O)C[C@H]1[C@@](C)(C(=O)O)CCC[C@]21C. The Balaban J connectivity index is 2.26. The number of carboxylic acids is 1. The van der Waals surface area contributed by atoms with Crippen LogP contribution in [-0.2, 0) is 10.2 Å². The average Bonchev–Trinajstić information content (AvgIpc) is 2.49. The molecule has 0 spiro atoms. The first kappa shape index (κ1) is 17.0. The molecule has 2 N–H and O–H groups in total. The van der Waals surface area contributed by atoms with Crippen LogP contribution >= 0.6 is 0 Å². The van der Waals surface area contributed by atoms with Gasteiger partial charge in [-0.05, 0) is 48.6 Å². The van der Waals surface area contributed by atoms with Crippen molar-refractivity contribution in [2.45, 2.75) is 64.7 Å². The lowest BCUT2D eigenvalue weighted by Crippen LogP contribution is -2.53. The smallest absolute Gasteiger partial charge is 0.309 e. The zero-order chi connectivity index (χ0) is 17.9. The summed E-state index contributed by atoms with van der Waals surface area (Å²) in [5.74, 6) is -0.839. The summed E-state index contributed by atoms with van der Waals surface area (Å²) in [7, 11) is 0. The molecule has 0 aliphatic heterocycles. The Hall–Kier alpha value is -1.84. The highest BCUT2D eigenvalue weighted by Gasteiger charge is 2.57. The average molecular weight is 330 g/mol. The van der Waals surface area contributed by atoms with Crippen molar-refractivity contribution in [2.75, 3.05) is 0 Å². The first-order valence-electron chi connectivity index (χ1n) is 8.76. The molecule has 1 aromatic rings. The molecule has 2 aliphatic carbocycles. The van der Waals surface area contributed by atoms with Gasteiger partial charge in [-0.3, -0.25) is 9.59 Å². The molecule has 0 amide bonds. The number of hydrogen-bond acceptors (Lipinski definition) is 3. The van der Waals surface area contributed by atoms with Crippen molar-refractivity contribution in [3.05, 3.63) is 28.8 Å². The molecule has 3 rings (SSSR count). The van der Waals surface area contributed by atoms with Crippen LogP contribution in [0.4, 0.5) is 0 Å². The monoisotopic (exact) mass is 330 g/mol. The van der Waals surface area contributed by atoms with Crippen LogP contribution in [0.1, 0.15) is 80.8 Å². The number of fused-ring (bicyclic) bond motifs is 3. The van der Waals surface area contributed by atoms with Gasteiger partial charge in [0.2, 0.25) is 0 Å². The lowest BCUT2D eigenvalue weighted by atomic mass is 9.49. The van der Waals surface area contributed by atoms with Gasteiger partial charge in [-0.25, -0.2) is 0 Å². The Kier molecular flexibility index (Phi) is 3.78. The number of aliphatic carboxylic acids is 1. The van der Waals surface area contributed by atoms with Crippen molar-refractivity contribution in [3.8, 4) is 5.75 Å². The third-order valence-corrected chi connectivity index (χ3v) is 6.50. The highest BCUT2D eigenvalue weighted by Crippen LogP contribution is 2.58. The molecule has 0 unspecified atom stereocenters. The van der Waals surface area contributed by atoms with Crippen LogP contribution in [0.15, 0.2) is 12.1 Å².